The predicted molar refractivity (Wildman–Crippen MR) is 59.4 cm³/mol. The molecule has 1 aromatic carbocycles. The van der Waals surface area contributed by atoms with Gasteiger partial charge in [0.25, 0.3) is 5.91 Å². The van der Waals surface area contributed by atoms with Gasteiger partial charge in [-0.25, -0.2) is 0 Å². The van der Waals surface area contributed by atoms with E-state index in [9.17, 15) is 4.79 Å². The van der Waals surface area contributed by atoms with Gasteiger partial charge in [0.05, 0.1) is 0 Å². The summed E-state index contributed by atoms with van der Waals surface area (Å²) in [5.41, 5.74) is 1.05. The van der Waals surface area contributed by atoms with Crippen molar-refractivity contribution in [1.82, 2.24) is 4.90 Å². The van der Waals surface area contributed by atoms with Gasteiger partial charge in [0, 0.05) is 18.1 Å². The minimum absolute atomic E-state index is 0.301. The van der Waals surface area contributed by atoms with Crippen molar-refractivity contribution in [2.45, 2.75) is 6.54 Å². The highest BCUT2D eigenvalue weighted by Crippen LogP contribution is 2.12. The second-order valence-electron chi connectivity index (χ2n) is 2.94. The maximum atomic E-state index is 11.1. The molecule has 2 nitrogen and oxygen atoms in total. The highest BCUT2D eigenvalue weighted by Gasteiger charge is 2.05. The van der Waals surface area contributed by atoms with Crippen molar-refractivity contribution in [1.29, 1.82) is 0 Å². The van der Waals surface area contributed by atoms with E-state index in [-0.39, 0.29) is 5.91 Å². The first kappa shape index (κ1) is 10.8. The lowest BCUT2D eigenvalue weighted by atomic mass is 10.2. The average molecular weight is 252 g/mol. The number of nitrogens with zero attached hydrogens (tertiary/aromatic N) is 1. The van der Waals surface area contributed by atoms with Crippen molar-refractivity contribution in [3.63, 3.8) is 0 Å². The van der Waals surface area contributed by atoms with Gasteiger partial charge < -0.3 is 4.90 Å². The molecule has 0 spiro atoms. The maximum absolute atomic E-state index is 11.1. The van der Waals surface area contributed by atoms with Crippen molar-refractivity contribution < 1.29 is 4.79 Å². The number of amides is 1. The van der Waals surface area contributed by atoms with Crippen LogP contribution in [0, 0.1) is 12.3 Å². The molecule has 0 heterocycles. The van der Waals surface area contributed by atoms with E-state index in [0.717, 1.165) is 10.0 Å². The molecule has 0 atom stereocenters. The fourth-order valence-electron chi connectivity index (χ4n) is 1.09. The third-order valence-corrected chi connectivity index (χ3v) is 2.27. The lowest BCUT2D eigenvalue weighted by Crippen LogP contribution is -2.24. The second kappa shape index (κ2) is 4.83. The molecule has 1 amide bonds. The molecule has 1 rings (SSSR count). The Bertz CT molecular complexity index is 381. The van der Waals surface area contributed by atoms with Crippen LogP contribution in [0.3, 0.4) is 0 Å². The minimum atomic E-state index is -0.301. The Labute approximate surface area is 92.0 Å². The quantitative estimate of drug-likeness (QED) is 0.737. The van der Waals surface area contributed by atoms with Crippen LogP contribution in [0.5, 0.6) is 0 Å². The lowest BCUT2D eigenvalue weighted by molar-refractivity contribution is -0.124. The Morgan fingerprint density at radius 1 is 1.64 bits per heavy atom. The zero-order valence-electron chi connectivity index (χ0n) is 7.83. The van der Waals surface area contributed by atoms with Crippen LogP contribution in [-0.4, -0.2) is 17.9 Å². The third-order valence-electron chi connectivity index (χ3n) is 1.78. The van der Waals surface area contributed by atoms with Crippen LogP contribution in [0.4, 0.5) is 0 Å². The zero-order valence-corrected chi connectivity index (χ0v) is 9.41. The SMILES string of the molecule is C#CC(=O)N(C)Cc1cccc(Br)c1. The number of benzene rings is 1. The molecule has 14 heavy (non-hydrogen) atoms. The van der Waals surface area contributed by atoms with Crippen molar-refractivity contribution in [2.24, 2.45) is 0 Å². The molecule has 3 heteroatoms. The number of carbonyl (C=O) groups is 1. The lowest BCUT2D eigenvalue weighted by Gasteiger charge is -2.13. The van der Waals surface area contributed by atoms with Gasteiger partial charge in [0.15, 0.2) is 0 Å². The molecule has 0 aliphatic heterocycles. The molecule has 0 unspecified atom stereocenters. The molecule has 0 aliphatic rings. The summed E-state index contributed by atoms with van der Waals surface area (Å²) in [4.78, 5) is 12.6. The number of hydrogen-bond donors (Lipinski definition) is 0. The summed E-state index contributed by atoms with van der Waals surface area (Å²) in [7, 11) is 1.68. The molecule has 0 saturated carbocycles. The number of halogens is 1. The van der Waals surface area contributed by atoms with E-state index in [1.165, 1.54) is 4.90 Å². The van der Waals surface area contributed by atoms with Crippen LogP contribution in [0.1, 0.15) is 5.56 Å². The molecule has 0 saturated heterocycles. The Kier molecular flexibility index (Phi) is 3.73. The first-order valence-corrected chi connectivity index (χ1v) is 4.89. The Morgan fingerprint density at radius 3 is 2.93 bits per heavy atom. The van der Waals surface area contributed by atoms with Crippen LogP contribution in [-0.2, 0) is 11.3 Å². The Balaban J connectivity index is 2.70. The molecular weight excluding hydrogens is 242 g/mol. The highest BCUT2D eigenvalue weighted by molar-refractivity contribution is 9.10. The Hall–Kier alpha value is -1.27. The van der Waals surface area contributed by atoms with Crippen LogP contribution in [0.15, 0.2) is 28.7 Å². The minimum Gasteiger partial charge on any atom is -0.331 e. The van der Waals surface area contributed by atoms with Gasteiger partial charge in [-0.15, -0.1) is 6.42 Å². The smallest absolute Gasteiger partial charge is 0.298 e. The summed E-state index contributed by atoms with van der Waals surface area (Å²) < 4.78 is 0.997. The standard InChI is InChI=1S/C11H10BrNO/c1-3-11(14)13(2)8-9-5-4-6-10(12)7-9/h1,4-7H,8H2,2H3. The van der Waals surface area contributed by atoms with Crippen LogP contribution in [0.25, 0.3) is 0 Å². The summed E-state index contributed by atoms with van der Waals surface area (Å²) in [5.74, 6) is 1.77. The van der Waals surface area contributed by atoms with Crippen molar-refractivity contribution in [2.75, 3.05) is 7.05 Å². The molecule has 0 radical (unpaired) electrons. The zero-order chi connectivity index (χ0) is 10.6. The monoisotopic (exact) mass is 251 g/mol. The van der Waals surface area contributed by atoms with E-state index in [1.54, 1.807) is 7.05 Å². The molecule has 1 aromatic rings. The summed E-state index contributed by atoms with van der Waals surface area (Å²) in [5, 5.41) is 0. The molecular formula is C11H10BrNO. The van der Waals surface area contributed by atoms with Crippen molar-refractivity contribution in [3.05, 3.63) is 34.3 Å². The second-order valence-corrected chi connectivity index (χ2v) is 3.85. The van der Waals surface area contributed by atoms with Gasteiger partial charge in [-0.3, -0.25) is 4.79 Å². The van der Waals surface area contributed by atoms with Gasteiger partial charge in [-0.05, 0) is 23.6 Å². The maximum Gasteiger partial charge on any atom is 0.298 e. The molecule has 0 aliphatic carbocycles. The van der Waals surface area contributed by atoms with Gasteiger partial charge in [0.2, 0.25) is 0 Å². The van der Waals surface area contributed by atoms with Crippen LogP contribution >= 0.6 is 15.9 Å². The summed E-state index contributed by atoms with van der Waals surface area (Å²) in [6.07, 6.45) is 5.01. The van der Waals surface area contributed by atoms with E-state index in [4.69, 9.17) is 6.42 Å². The number of carbonyl (C=O) groups excluding carboxylic acids is 1. The molecule has 0 fully saturated rings. The van der Waals surface area contributed by atoms with E-state index < -0.39 is 0 Å². The van der Waals surface area contributed by atoms with Gasteiger partial charge in [-0.2, -0.15) is 0 Å². The summed E-state index contributed by atoms with van der Waals surface area (Å²) in [6.45, 7) is 0.530. The van der Waals surface area contributed by atoms with E-state index in [1.807, 2.05) is 24.3 Å². The largest absolute Gasteiger partial charge is 0.331 e. The van der Waals surface area contributed by atoms with Crippen LogP contribution < -0.4 is 0 Å². The summed E-state index contributed by atoms with van der Waals surface area (Å²) >= 11 is 3.36. The first-order valence-electron chi connectivity index (χ1n) is 4.09. The van der Waals surface area contributed by atoms with Crippen molar-refractivity contribution >= 4 is 21.8 Å². The Morgan fingerprint density at radius 2 is 2.36 bits per heavy atom. The third kappa shape index (κ3) is 2.90. The molecule has 0 aromatic heterocycles. The van der Waals surface area contributed by atoms with Crippen molar-refractivity contribution in [3.8, 4) is 12.3 Å². The highest BCUT2D eigenvalue weighted by atomic mass is 79.9. The molecule has 0 bridgehead atoms. The van der Waals surface area contributed by atoms with E-state index >= 15 is 0 Å². The number of terminal acetylenes is 1. The van der Waals surface area contributed by atoms with Gasteiger partial charge in [-0.1, -0.05) is 28.1 Å². The average Bonchev–Trinajstić information content (AvgIpc) is 2.16. The fraction of sp³-hybridized carbons (Fsp3) is 0.182. The predicted octanol–water partition coefficient (Wildman–Crippen LogP) is 2.04. The molecule has 72 valence electrons. The number of rotatable bonds is 2. The topological polar surface area (TPSA) is 20.3 Å². The first-order chi connectivity index (χ1) is 6.63. The van der Waals surface area contributed by atoms with E-state index in [0.29, 0.717) is 6.54 Å². The van der Waals surface area contributed by atoms with Crippen LogP contribution in [0.2, 0.25) is 0 Å². The van der Waals surface area contributed by atoms with E-state index in [2.05, 4.69) is 21.9 Å². The normalized spacial score (nSPS) is 9.21. The summed E-state index contributed by atoms with van der Waals surface area (Å²) in [6, 6.07) is 7.77. The number of hydrogen-bond acceptors (Lipinski definition) is 1. The van der Waals surface area contributed by atoms with Gasteiger partial charge in [0.1, 0.15) is 0 Å². The molecule has 0 N–H and O–H groups in total. The fourth-order valence-corrected chi connectivity index (χ4v) is 1.54. The van der Waals surface area contributed by atoms with Gasteiger partial charge >= 0.3 is 0 Å².